The summed E-state index contributed by atoms with van der Waals surface area (Å²) in [7, 11) is 3.56. The predicted molar refractivity (Wildman–Crippen MR) is 123 cm³/mol. The Labute approximate surface area is 183 Å². The quantitative estimate of drug-likeness (QED) is 0.538. The maximum Gasteiger partial charge on any atom is 0.182 e. The number of benzene rings is 2. The standard InChI is InChI=1S/C25H29N3O3/c1-17-6-4-5-7-23(17)28(2)19-8-9-20-18(11-13-31-24(20)14-19)15-27-22-16-26-12-10-21(22)25(29)30-3/h4-10,12,14,16,18,25,27,29H,11,13,15H2,1-3H3/t18-,25?/m0/s1. The molecule has 1 aromatic heterocycles. The van der Waals surface area contributed by atoms with Crippen LogP contribution in [0.1, 0.15) is 35.3 Å². The smallest absolute Gasteiger partial charge is 0.182 e. The van der Waals surface area contributed by atoms with Crippen molar-refractivity contribution in [3.05, 3.63) is 77.6 Å². The van der Waals surface area contributed by atoms with E-state index in [1.165, 1.54) is 23.9 Å². The number of aliphatic hydroxyl groups excluding tert-OH is 1. The zero-order valence-electron chi connectivity index (χ0n) is 18.2. The zero-order valence-corrected chi connectivity index (χ0v) is 18.2. The van der Waals surface area contributed by atoms with E-state index in [4.69, 9.17) is 9.47 Å². The summed E-state index contributed by atoms with van der Waals surface area (Å²) in [6, 6.07) is 16.6. The van der Waals surface area contributed by atoms with Gasteiger partial charge in [-0.1, -0.05) is 24.3 Å². The minimum absolute atomic E-state index is 0.300. The van der Waals surface area contributed by atoms with E-state index in [1.807, 2.05) is 0 Å². The first-order chi connectivity index (χ1) is 15.1. The molecule has 6 heteroatoms. The van der Waals surface area contributed by atoms with E-state index < -0.39 is 6.29 Å². The van der Waals surface area contributed by atoms with Gasteiger partial charge in [0.05, 0.1) is 18.5 Å². The number of rotatable bonds is 7. The lowest BCUT2D eigenvalue weighted by Gasteiger charge is -2.29. The van der Waals surface area contributed by atoms with Gasteiger partial charge in [0.25, 0.3) is 0 Å². The molecule has 2 atom stereocenters. The lowest BCUT2D eigenvalue weighted by molar-refractivity contribution is -0.0764. The highest BCUT2D eigenvalue weighted by atomic mass is 16.6. The predicted octanol–water partition coefficient (Wildman–Crippen LogP) is 4.77. The molecule has 1 aliphatic heterocycles. The second-order valence-electron chi connectivity index (χ2n) is 7.83. The normalized spacial score (nSPS) is 16.2. The topological polar surface area (TPSA) is 66.8 Å². The van der Waals surface area contributed by atoms with E-state index in [2.05, 4.69) is 71.6 Å². The number of methoxy groups -OCH3 is 1. The van der Waals surface area contributed by atoms with Gasteiger partial charge in [-0.3, -0.25) is 4.98 Å². The van der Waals surface area contributed by atoms with E-state index in [-0.39, 0.29) is 0 Å². The number of ether oxygens (including phenoxy) is 2. The van der Waals surface area contributed by atoms with Gasteiger partial charge >= 0.3 is 0 Å². The second kappa shape index (κ2) is 9.37. The van der Waals surface area contributed by atoms with Gasteiger partial charge in [0.1, 0.15) is 5.75 Å². The number of nitrogens with one attached hydrogen (secondary N) is 1. The number of aliphatic hydroxyl groups is 1. The molecule has 3 aromatic rings. The van der Waals surface area contributed by atoms with Crippen molar-refractivity contribution >= 4 is 17.1 Å². The van der Waals surface area contributed by atoms with Crippen molar-refractivity contribution in [2.24, 2.45) is 0 Å². The Kier molecular flexibility index (Phi) is 6.39. The molecule has 0 spiro atoms. The fourth-order valence-electron chi connectivity index (χ4n) is 4.08. The molecule has 1 unspecified atom stereocenters. The van der Waals surface area contributed by atoms with Crippen molar-refractivity contribution in [1.29, 1.82) is 0 Å². The van der Waals surface area contributed by atoms with E-state index in [1.54, 1.807) is 18.5 Å². The molecule has 0 fully saturated rings. The van der Waals surface area contributed by atoms with Crippen LogP contribution in [0.5, 0.6) is 5.75 Å². The molecular formula is C25H29N3O3. The molecule has 0 saturated heterocycles. The largest absolute Gasteiger partial charge is 0.493 e. The Hall–Kier alpha value is -3.09. The highest BCUT2D eigenvalue weighted by Gasteiger charge is 2.23. The van der Waals surface area contributed by atoms with Crippen molar-refractivity contribution in [2.75, 3.05) is 37.5 Å². The summed E-state index contributed by atoms with van der Waals surface area (Å²) in [5, 5.41) is 13.5. The number of para-hydroxylation sites is 1. The fraction of sp³-hybridized carbons (Fsp3) is 0.320. The number of pyridine rings is 1. The van der Waals surface area contributed by atoms with Crippen LogP contribution in [0.2, 0.25) is 0 Å². The highest BCUT2D eigenvalue weighted by molar-refractivity contribution is 5.67. The van der Waals surface area contributed by atoms with Crippen LogP contribution in [0, 0.1) is 6.92 Å². The van der Waals surface area contributed by atoms with Crippen LogP contribution in [-0.4, -0.2) is 37.4 Å². The number of hydrogen-bond acceptors (Lipinski definition) is 6. The van der Waals surface area contributed by atoms with Crippen molar-refractivity contribution in [2.45, 2.75) is 25.6 Å². The molecule has 1 aliphatic rings. The van der Waals surface area contributed by atoms with Crippen LogP contribution in [0.25, 0.3) is 0 Å². The van der Waals surface area contributed by atoms with Gasteiger partial charge in [0.15, 0.2) is 6.29 Å². The van der Waals surface area contributed by atoms with Crippen LogP contribution < -0.4 is 15.0 Å². The molecule has 6 nitrogen and oxygen atoms in total. The third kappa shape index (κ3) is 4.50. The van der Waals surface area contributed by atoms with Gasteiger partial charge in [-0.05, 0) is 42.7 Å². The van der Waals surface area contributed by atoms with Crippen molar-refractivity contribution < 1.29 is 14.6 Å². The summed E-state index contributed by atoms with van der Waals surface area (Å²) in [5.74, 6) is 1.23. The number of hydrogen-bond donors (Lipinski definition) is 2. The number of aromatic nitrogens is 1. The summed E-state index contributed by atoms with van der Waals surface area (Å²) in [4.78, 5) is 6.37. The summed E-state index contributed by atoms with van der Waals surface area (Å²) in [5.41, 5.74) is 6.16. The first-order valence-electron chi connectivity index (χ1n) is 10.5. The van der Waals surface area contributed by atoms with E-state index in [0.717, 1.165) is 30.1 Å². The average molecular weight is 420 g/mol. The monoisotopic (exact) mass is 419 g/mol. The fourth-order valence-corrected chi connectivity index (χ4v) is 4.08. The van der Waals surface area contributed by atoms with Crippen molar-refractivity contribution in [3.8, 4) is 5.75 Å². The SMILES string of the molecule is COC(O)c1ccncc1NC[C@@H]1CCOc2cc(N(C)c3ccccc3C)ccc21. The average Bonchev–Trinajstić information content (AvgIpc) is 2.82. The molecular weight excluding hydrogens is 390 g/mol. The Morgan fingerprint density at radius 2 is 2.10 bits per heavy atom. The van der Waals surface area contributed by atoms with Gasteiger partial charge in [-0.2, -0.15) is 0 Å². The number of anilines is 3. The van der Waals surface area contributed by atoms with E-state index >= 15 is 0 Å². The zero-order chi connectivity index (χ0) is 21.8. The number of nitrogens with zero attached hydrogens (tertiary/aromatic N) is 2. The summed E-state index contributed by atoms with van der Waals surface area (Å²) < 4.78 is 11.1. The molecule has 2 N–H and O–H groups in total. The molecule has 4 rings (SSSR count). The third-order valence-corrected chi connectivity index (χ3v) is 5.91. The van der Waals surface area contributed by atoms with Gasteiger partial charge in [0, 0.05) is 55.8 Å². The number of aryl methyl sites for hydroxylation is 1. The van der Waals surface area contributed by atoms with Gasteiger partial charge in [-0.15, -0.1) is 0 Å². The lowest BCUT2D eigenvalue weighted by Crippen LogP contribution is -2.22. The molecule has 31 heavy (non-hydrogen) atoms. The first kappa shape index (κ1) is 21.2. The van der Waals surface area contributed by atoms with Crippen LogP contribution in [0.15, 0.2) is 60.9 Å². The van der Waals surface area contributed by atoms with Crippen molar-refractivity contribution in [1.82, 2.24) is 4.98 Å². The van der Waals surface area contributed by atoms with Crippen LogP contribution in [0.3, 0.4) is 0 Å². The molecule has 0 saturated carbocycles. The minimum Gasteiger partial charge on any atom is -0.493 e. The molecule has 2 aromatic carbocycles. The minimum atomic E-state index is -0.980. The number of fused-ring (bicyclic) bond motifs is 1. The van der Waals surface area contributed by atoms with Gasteiger partial charge in [0.2, 0.25) is 0 Å². The van der Waals surface area contributed by atoms with Crippen LogP contribution in [-0.2, 0) is 4.74 Å². The maximum atomic E-state index is 10.1. The van der Waals surface area contributed by atoms with Crippen molar-refractivity contribution in [3.63, 3.8) is 0 Å². The summed E-state index contributed by atoms with van der Waals surface area (Å²) in [6.45, 7) is 3.52. The molecule has 0 amide bonds. The Balaban J connectivity index is 1.52. The molecule has 162 valence electrons. The van der Waals surface area contributed by atoms with Crippen LogP contribution in [0.4, 0.5) is 17.1 Å². The lowest BCUT2D eigenvalue weighted by atomic mass is 9.92. The molecule has 0 aliphatic carbocycles. The van der Waals surface area contributed by atoms with Gasteiger partial charge in [-0.25, -0.2) is 0 Å². The highest BCUT2D eigenvalue weighted by Crippen LogP contribution is 2.38. The van der Waals surface area contributed by atoms with Gasteiger partial charge < -0.3 is 24.8 Å². The second-order valence-corrected chi connectivity index (χ2v) is 7.83. The van der Waals surface area contributed by atoms with Crippen LogP contribution >= 0.6 is 0 Å². The van der Waals surface area contributed by atoms with E-state index in [9.17, 15) is 5.11 Å². The third-order valence-electron chi connectivity index (χ3n) is 5.91. The Bertz CT molecular complexity index is 1040. The Morgan fingerprint density at radius 3 is 2.90 bits per heavy atom. The Morgan fingerprint density at radius 1 is 1.26 bits per heavy atom. The summed E-state index contributed by atoms with van der Waals surface area (Å²) in [6.07, 6.45) is 3.32. The molecule has 2 heterocycles. The molecule has 0 bridgehead atoms. The van der Waals surface area contributed by atoms with E-state index in [0.29, 0.717) is 18.1 Å². The maximum absolute atomic E-state index is 10.1. The first-order valence-corrected chi connectivity index (χ1v) is 10.5. The molecule has 0 radical (unpaired) electrons. The summed E-state index contributed by atoms with van der Waals surface area (Å²) >= 11 is 0.